The maximum Gasteiger partial charge on any atom is 0.253 e. The van der Waals surface area contributed by atoms with E-state index in [-0.39, 0.29) is 24.1 Å². The fraction of sp³-hybridized carbons (Fsp3) is 0.355. The van der Waals surface area contributed by atoms with E-state index in [0.29, 0.717) is 24.3 Å². The second-order valence-corrected chi connectivity index (χ2v) is 10.2. The molecule has 1 aromatic carbocycles. The molecule has 0 spiro atoms. The number of fused-ring (bicyclic) bond motifs is 1. The second-order valence-electron chi connectivity index (χ2n) is 10.2. The number of hydrogen-bond acceptors (Lipinski definition) is 5. The lowest BCUT2D eigenvalue weighted by Gasteiger charge is -2.34. The predicted molar refractivity (Wildman–Crippen MR) is 153 cm³/mol. The molecule has 1 aliphatic heterocycles. The molecule has 0 saturated carbocycles. The largest absolute Gasteiger partial charge is 0.497 e. The molecule has 4 heterocycles. The minimum Gasteiger partial charge on any atom is -0.497 e. The zero-order valence-corrected chi connectivity index (χ0v) is 23.3. The summed E-state index contributed by atoms with van der Waals surface area (Å²) in [7, 11) is 1.65. The Labute approximate surface area is 228 Å². The molecule has 1 atom stereocenters. The van der Waals surface area contributed by atoms with E-state index in [0.717, 1.165) is 58.0 Å². The maximum absolute atomic E-state index is 13.7. The van der Waals surface area contributed by atoms with Crippen molar-refractivity contribution in [3.8, 4) is 16.9 Å². The number of rotatable bonds is 7. The van der Waals surface area contributed by atoms with Gasteiger partial charge in [0.2, 0.25) is 0 Å². The van der Waals surface area contributed by atoms with E-state index in [4.69, 9.17) is 9.47 Å². The molecule has 0 bridgehead atoms. The Kier molecular flexibility index (Phi) is 7.59. The number of amides is 1. The van der Waals surface area contributed by atoms with Gasteiger partial charge in [-0.05, 0) is 74.7 Å². The second kappa shape index (κ2) is 11.1. The number of nitrogens with one attached hydrogen (secondary N) is 2. The summed E-state index contributed by atoms with van der Waals surface area (Å²) in [5.74, 6) is 0.591. The summed E-state index contributed by atoms with van der Waals surface area (Å²) >= 11 is 0. The van der Waals surface area contributed by atoms with E-state index in [9.17, 15) is 9.59 Å². The molecule has 0 aliphatic carbocycles. The highest BCUT2D eigenvalue weighted by Crippen LogP contribution is 2.34. The number of aromatic nitrogens is 2. The van der Waals surface area contributed by atoms with Crippen molar-refractivity contribution in [2.24, 2.45) is 0 Å². The summed E-state index contributed by atoms with van der Waals surface area (Å²) in [6.07, 6.45) is 2.09. The first-order valence-corrected chi connectivity index (χ1v) is 13.4. The highest BCUT2D eigenvalue weighted by molar-refractivity contribution is 5.98. The number of carbonyl (C=O) groups excluding carboxylic acids is 1. The van der Waals surface area contributed by atoms with Crippen LogP contribution in [0.3, 0.4) is 0 Å². The molecule has 8 heteroatoms. The van der Waals surface area contributed by atoms with Gasteiger partial charge >= 0.3 is 0 Å². The van der Waals surface area contributed by atoms with E-state index in [1.54, 1.807) is 7.11 Å². The number of aryl methyl sites for hydroxylation is 2. The van der Waals surface area contributed by atoms with Crippen molar-refractivity contribution >= 4 is 11.4 Å². The van der Waals surface area contributed by atoms with Gasteiger partial charge < -0.3 is 24.2 Å². The SMILES string of the molecule is COc1ccc(-c2ccn3c(C(C)N4CCOCC4)c(C)c(C(=O)NCc4c(C)cc(C)[nH]c4=O)cc23)cc1. The molecule has 8 nitrogen and oxygen atoms in total. The van der Waals surface area contributed by atoms with Crippen LogP contribution in [-0.2, 0) is 11.3 Å². The number of pyridine rings is 2. The fourth-order valence-electron chi connectivity index (χ4n) is 5.63. The van der Waals surface area contributed by atoms with Crippen LogP contribution in [0.2, 0.25) is 0 Å². The number of methoxy groups -OCH3 is 1. The zero-order valence-electron chi connectivity index (χ0n) is 23.3. The van der Waals surface area contributed by atoms with E-state index in [1.807, 2.05) is 57.2 Å². The van der Waals surface area contributed by atoms with Crippen LogP contribution in [0.4, 0.5) is 0 Å². The molecule has 1 fully saturated rings. The van der Waals surface area contributed by atoms with Crippen molar-refractivity contribution in [2.45, 2.75) is 40.3 Å². The third kappa shape index (κ3) is 5.22. The number of carbonyl (C=O) groups is 1. The van der Waals surface area contributed by atoms with Gasteiger partial charge in [-0.25, -0.2) is 0 Å². The van der Waals surface area contributed by atoms with Crippen LogP contribution in [0.1, 0.15) is 51.4 Å². The van der Waals surface area contributed by atoms with Gasteiger partial charge in [-0.3, -0.25) is 14.5 Å². The Bertz CT molecular complexity index is 1560. The number of morpholine rings is 1. The van der Waals surface area contributed by atoms with Gasteiger partial charge in [0.25, 0.3) is 11.5 Å². The van der Waals surface area contributed by atoms with E-state index < -0.39 is 0 Å². The van der Waals surface area contributed by atoms with Crippen LogP contribution in [0.25, 0.3) is 16.6 Å². The van der Waals surface area contributed by atoms with E-state index >= 15 is 0 Å². The Hall–Kier alpha value is -3.88. The average Bonchev–Trinajstić information content (AvgIpc) is 3.35. The van der Waals surface area contributed by atoms with Gasteiger partial charge in [0, 0.05) is 60.0 Å². The van der Waals surface area contributed by atoms with Crippen LogP contribution in [-0.4, -0.2) is 53.6 Å². The lowest BCUT2D eigenvalue weighted by molar-refractivity contribution is 0.0187. The Morgan fingerprint density at radius 3 is 2.49 bits per heavy atom. The summed E-state index contributed by atoms with van der Waals surface area (Å²) < 4.78 is 13.2. The summed E-state index contributed by atoms with van der Waals surface area (Å²) in [5, 5.41) is 3.02. The van der Waals surface area contributed by atoms with Gasteiger partial charge in [-0.15, -0.1) is 0 Å². The van der Waals surface area contributed by atoms with Crippen molar-refractivity contribution in [1.82, 2.24) is 19.6 Å². The van der Waals surface area contributed by atoms with Crippen LogP contribution in [0.5, 0.6) is 5.75 Å². The van der Waals surface area contributed by atoms with Crippen molar-refractivity contribution in [2.75, 3.05) is 33.4 Å². The predicted octanol–water partition coefficient (Wildman–Crippen LogP) is 4.55. The Morgan fingerprint density at radius 2 is 1.82 bits per heavy atom. The van der Waals surface area contributed by atoms with Gasteiger partial charge in [0.05, 0.1) is 25.8 Å². The first kappa shape index (κ1) is 26.7. The standard InChI is InChI=1S/C31H36N4O4/c1-19-16-20(2)33-31(37)27(19)18-32-30(36)26-17-28-25(23-6-8-24(38-5)9-7-23)10-11-35(28)29(21(26)3)22(4)34-12-14-39-15-13-34/h6-11,16-17,22H,12-15,18H2,1-5H3,(H,32,36)(H,33,37). The molecule has 0 radical (unpaired) electrons. The average molecular weight is 529 g/mol. The fourth-order valence-corrected chi connectivity index (χ4v) is 5.63. The molecule has 1 amide bonds. The van der Waals surface area contributed by atoms with Crippen molar-refractivity contribution < 1.29 is 14.3 Å². The molecule has 5 rings (SSSR count). The number of hydrogen-bond donors (Lipinski definition) is 2. The van der Waals surface area contributed by atoms with Gasteiger partial charge in [-0.2, -0.15) is 0 Å². The summed E-state index contributed by atoms with van der Waals surface area (Å²) in [4.78, 5) is 31.5. The number of benzene rings is 1. The lowest BCUT2D eigenvalue weighted by atomic mass is 9.98. The molecule has 1 aliphatic rings. The van der Waals surface area contributed by atoms with E-state index in [2.05, 4.69) is 38.8 Å². The van der Waals surface area contributed by atoms with Gasteiger partial charge in [0.1, 0.15) is 5.75 Å². The molecule has 4 aromatic rings. The number of H-pyrrole nitrogens is 1. The van der Waals surface area contributed by atoms with Crippen LogP contribution >= 0.6 is 0 Å². The van der Waals surface area contributed by atoms with E-state index in [1.165, 1.54) is 0 Å². The van der Waals surface area contributed by atoms with Crippen molar-refractivity contribution in [3.05, 3.63) is 92.7 Å². The highest BCUT2D eigenvalue weighted by atomic mass is 16.5. The number of nitrogens with zero attached hydrogens (tertiary/aromatic N) is 2. The zero-order chi connectivity index (χ0) is 27.7. The summed E-state index contributed by atoms with van der Waals surface area (Å²) in [5.41, 5.74) is 7.69. The first-order valence-electron chi connectivity index (χ1n) is 13.4. The van der Waals surface area contributed by atoms with Crippen LogP contribution in [0.15, 0.2) is 53.5 Å². The molecule has 2 N–H and O–H groups in total. The normalized spacial score (nSPS) is 14.9. The van der Waals surface area contributed by atoms with Crippen LogP contribution < -0.4 is 15.6 Å². The smallest absolute Gasteiger partial charge is 0.253 e. The summed E-state index contributed by atoms with van der Waals surface area (Å²) in [6, 6.07) is 14.0. The minimum atomic E-state index is -0.202. The topological polar surface area (TPSA) is 88.1 Å². The monoisotopic (exact) mass is 528 g/mol. The first-order chi connectivity index (χ1) is 18.8. The van der Waals surface area contributed by atoms with Crippen molar-refractivity contribution in [3.63, 3.8) is 0 Å². The molecular formula is C31H36N4O4. The molecule has 1 unspecified atom stereocenters. The number of ether oxygens (including phenoxy) is 2. The molecule has 204 valence electrons. The molecule has 39 heavy (non-hydrogen) atoms. The highest BCUT2D eigenvalue weighted by Gasteiger charge is 2.26. The van der Waals surface area contributed by atoms with Gasteiger partial charge in [-0.1, -0.05) is 12.1 Å². The minimum absolute atomic E-state index is 0.0717. The quantitative estimate of drug-likeness (QED) is 0.367. The van der Waals surface area contributed by atoms with Crippen LogP contribution in [0, 0.1) is 20.8 Å². The summed E-state index contributed by atoms with van der Waals surface area (Å²) in [6.45, 7) is 11.2. The molecule has 3 aromatic heterocycles. The molecule has 1 saturated heterocycles. The number of aromatic amines is 1. The molecular weight excluding hydrogens is 492 g/mol. The van der Waals surface area contributed by atoms with Crippen molar-refractivity contribution in [1.29, 1.82) is 0 Å². The Balaban J connectivity index is 1.58. The lowest BCUT2D eigenvalue weighted by Crippen LogP contribution is -2.39. The Morgan fingerprint density at radius 1 is 1.10 bits per heavy atom. The third-order valence-corrected chi connectivity index (χ3v) is 7.81. The third-order valence-electron chi connectivity index (χ3n) is 7.81. The van der Waals surface area contributed by atoms with Gasteiger partial charge in [0.15, 0.2) is 0 Å². The maximum atomic E-state index is 13.7.